The van der Waals surface area contributed by atoms with E-state index in [9.17, 15) is 23.5 Å². The molecule has 5 heteroatoms. The van der Waals surface area contributed by atoms with E-state index in [4.69, 9.17) is 0 Å². The number of carbonyl (C=O) groups excluding carboxylic acids is 1. The van der Waals surface area contributed by atoms with Gasteiger partial charge in [0.25, 0.3) is 0 Å². The van der Waals surface area contributed by atoms with Crippen molar-refractivity contribution >= 4 is 11.8 Å². The number of aromatic carboxylic acids is 1. The van der Waals surface area contributed by atoms with Crippen LogP contribution in [0.2, 0.25) is 0 Å². The Labute approximate surface area is 180 Å². The van der Waals surface area contributed by atoms with Gasteiger partial charge in [0.1, 0.15) is 11.6 Å². The van der Waals surface area contributed by atoms with E-state index in [1.54, 1.807) is 12.1 Å². The number of aryl methyl sites for hydroxylation is 1. The highest BCUT2D eigenvalue weighted by molar-refractivity contribution is 6.14. The van der Waals surface area contributed by atoms with Crippen LogP contribution < -0.4 is 0 Å². The minimum Gasteiger partial charge on any atom is -0.478 e. The highest BCUT2D eigenvalue weighted by atomic mass is 19.1. The van der Waals surface area contributed by atoms with Gasteiger partial charge in [-0.25, -0.2) is 13.6 Å². The van der Waals surface area contributed by atoms with Crippen LogP contribution in [-0.2, 0) is 6.42 Å². The summed E-state index contributed by atoms with van der Waals surface area (Å²) in [6.07, 6.45) is 7.85. The zero-order chi connectivity index (χ0) is 21.9. The maximum Gasteiger partial charge on any atom is 0.336 e. The average molecular weight is 424 g/mol. The van der Waals surface area contributed by atoms with Crippen molar-refractivity contribution < 1.29 is 23.5 Å². The Hall–Kier alpha value is -2.56. The third kappa shape index (κ3) is 3.29. The fraction of sp³-hybridized carbons (Fsp3) is 0.462. The lowest BCUT2D eigenvalue weighted by molar-refractivity contribution is 0.0597. The molecule has 5 rings (SSSR count). The highest BCUT2D eigenvalue weighted by Gasteiger charge is 2.50. The molecular weight excluding hydrogens is 398 g/mol. The molecule has 0 bridgehead atoms. The monoisotopic (exact) mass is 424 g/mol. The van der Waals surface area contributed by atoms with E-state index in [2.05, 4.69) is 6.92 Å². The molecule has 0 aliphatic heterocycles. The Morgan fingerprint density at radius 2 is 1.71 bits per heavy atom. The number of carboxylic acids is 1. The quantitative estimate of drug-likeness (QED) is 0.602. The minimum atomic E-state index is -1.20. The van der Waals surface area contributed by atoms with E-state index >= 15 is 0 Å². The normalized spacial score (nSPS) is 29.1. The van der Waals surface area contributed by atoms with Gasteiger partial charge in [-0.05, 0) is 97.1 Å². The summed E-state index contributed by atoms with van der Waals surface area (Å²) in [5.74, 6) is -2.01. The Morgan fingerprint density at radius 3 is 2.42 bits per heavy atom. The third-order valence-electron chi connectivity index (χ3n) is 8.24. The molecular formula is C26H26F2O3. The molecule has 0 unspecified atom stereocenters. The van der Waals surface area contributed by atoms with Gasteiger partial charge >= 0.3 is 5.97 Å². The predicted octanol–water partition coefficient (Wildman–Crippen LogP) is 6.14. The van der Waals surface area contributed by atoms with Gasteiger partial charge in [-0.2, -0.15) is 0 Å². The molecule has 2 aromatic rings. The Bertz CT molecular complexity index is 1070. The maximum atomic E-state index is 13.7. The fourth-order valence-corrected chi connectivity index (χ4v) is 6.82. The van der Waals surface area contributed by atoms with E-state index in [-0.39, 0.29) is 16.7 Å². The maximum absolute atomic E-state index is 13.7. The zero-order valence-corrected chi connectivity index (χ0v) is 17.6. The third-order valence-corrected chi connectivity index (χ3v) is 8.24. The molecule has 0 heterocycles. The second-order valence-corrected chi connectivity index (χ2v) is 9.89. The molecule has 2 saturated carbocycles. The number of hydrogen-bond donors (Lipinski definition) is 1. The first kappa shape index (κ1) is 20.3. The molecule has 3 aliphatic carbocycles. The summed E-state index contributed by atoms with van der Waals surface area (Å²) in [6.45, 7) is 2.41. The fourth-order valence-electron chi connectivity index (χ4n) is 6.82. The Balaban J connectivity index is 1.59. The molecule has 2 aromatic carbocycles. The number of fused-ring (bicyclic) bond motifs is 5. The van der Waals surface area contributed by atoms with Gasteiger partial charge in [0, 0.05) is 17.2 Å². The van der Waals surface area contributed by atoms with Crippen molar-refractivity contribution in [3.8, 4) is 0 Å². The Morgan fingerprint density at radius 1 is 0.968 bits per heavy atom. The summed E-state index contributed by atoms with van der Waals surface area (Å²) >= 11 is 0. The molecule has 3 aliphatic rings. The van der Waals surface area contributed by atoms with E-state index in [0.29, 0.717) is 29.2 Å². The second kappa shape index (κ2) is 7.25. The lowest BCUT2D eigenvalue weighted by Gasteiger charge is -2.49. The van der Waals surface area contributed by atoms with E-state index in [1.165, 1.54) is 19.3 Å². The molecule has 0 aromatic heterocycles. The number of carbonyl (C=O) groups is 2. The van der Waals surface area contributed by atoms with Crippen LogP contribution in [0.5, 0.6) is 0 Å². The summed E-state index contributed by atoms with van der Waals surface area (Å²) in [6, 6.07) is 5.97. The van der Waals surface area contributed by atoms with Gasteiger partial charge in [-0.1, -0.05) is 13.3 Å². The van der Waals surface area contributed by atoms with Crippen LogP contribution in [0.3, 0.4) is 0 Å². The van der Waals surface area contributed by atoms with Gasteiger partial charge in [-0.15, -0.1) is 0 Å². The van der Waals surface area contributed by atoms with Crippen LogP contribution in [-0.4, -0.2) is 16.9 Å². The first-order valence-corrected chi connectivity index (χ1v) is 11.2. The summed E-state index contributed by atoms with van der Waals surface area (Å²) < 4.78 is 27.4. The van der Waals surface area contributed by atoms with Crippen molar-refractivity contribution in [2.45, 2.75) is 57.8 Å². The van der Waals surface area contributed by atoms with Crippen molar-refractivity contribution in [1.82, 2.24) is 0 Å². The van der Waals surface area contributed by atoms with E-state index in [1.807, 2.05) is 0 Å². The summed E-state index contributed by atoms with van der Waals surface area (Å²) in [7, 11) is 0. The summed E-state index contributed by atoms with van der Waals surface area (Å²) in [5.41, 5.74) is 2.24. The molecule has 2 fully saturated rings. The first-order chi connectivity index (χ1) is 14.8. The van der Waals surface area contributed by atoms with Gasteiger partial charge < -0.3 is 5.11 Å². The number of ketones is 1. The highest BCUT2D eigenvalue weighted by Crippen LogP contribution is 2.60. The van der Waals surface area contributed by atoms with Gasteiger partial charge in [0.05, 0.1) is 5.56 Å². The van der Waals surface area contributed by atoms with Crippen LogP contribution in [0.25, 0.3) is 0 Å². The molecule has 0 spiro atoms. The van der Waals surface area contributed by atoms with Crippen molar-refractivity contribution in [3.05, 3.63) is 69.8 Å². The molecule has 0 radical (unpaired) electrons. The largest absolute Gasteiger partial charge is 0.478 e. The van der Waals surface area contributed by atoms with Crippen molar-refractivity contribution in [3.63, 3.8) is 0 Å². The molecule has 3 nitrogen and oxygen atoms in total. The van der Waals surface area contributed by atoms with Crippen LogP contribution in [0.15, 0.2) is 30.3 Å². The lowest BCUT2D eigenvalue weighted by Crippen LogP contribution is -2.39. The molecule has 4 atom stereocenters. The molecule has 0 amide bonds. The zero-order valence-electron chi connectivity index (χ0n) is 17.6. The van der Waals surface area contributed by atoms with Gasteiger partial charge in [-0.3, -0.25) is 4.79 Å². The predicted molar refractivity (Wildman–Crippen MR) is 112 cm³/mol. The molecule has 1 N–H and O–H groups in total. The smallest absolute Gasteiger partial charge is 0.336 e. The second-order valence-electron chi connectivity index (χ2n) is 9.89. The topological polar surface area (TPSA) is 54.4 Å². The van der Waals surface area contributed by atoms with Crippen LogP contribution in [0.1, 0.15) is 88.8 Å². The minimum absolute atomic E-state index is 0.0247. The van der Waals surface area contributed by atoms with E-state index < -0.39 is 23.4 Å². The standard InChI is InChI=1S/C26H26F2O3/c1-26-7-2-3-23(26)19-5-4-14-11-22(25(30)31)21(13-20(14)18(19)6-8-26)24(29)15-9-16(27)12-17(28)10-15/h9-13,18-19,23H,2-8H2,1H3,(H,30,31)/t18-,19+,23-,26-/m0/s1. The molecule has 0 saturated heterocycles. The van der Waals surface area contributed by atoms with Crippen molar-refractivity contribution in [1.29, 1.82) is 0 Å². The number of hydrogen-bond acceptors (Lipinski definition) is 2. The summed E-state index contributed by atoms with van der Waals surface area (Å²) in [4.78, 5) is 25.1. The number of rotatable bonds is 3. The lowest BCUT2D eigenvalue weighted by atomic mass is 9.55. The number of halogens is 2. The molecule has 162 valence electrons. The average Bonchev–Trinajstić information content (AvgIpc) is 3.13. The summed E-state index contributed by atoms with van der Waals surface area (Å²) in [5, 5.41) is 9.76. The Kier molecular flexibility index (Phi) is 4.76. The van der Waals surface area contributed by atoms with Gasteiger partial charge in [0.2, 0.25) is 0 Å². The van der Waals surface area contributed by atoms with Crippen LogP contribution in [0, 0.1) is 28.9 Å². The number of carboxylic acid groups (broad SMARTS) is 1. The van der Waals surface area contributed by atoms with Crippen molar-refractivity contribution in [2.24, 2.45) is 17.3 Å². The van der Waals surface area contributed by atoms with Crippen LogP contribution >= 0.6 is 0 Å². The SMILES string of the molecule is C[C@@]12CCC[C@H]1[C@@H]1CCc3cc(C(=O)O)c(C(=O)c4cc(F)cc(F)c4)cc3[C@H]1CC2. The van der Waals surface area contributed by atoms with Crippen molar-refractivity contribution in [2.75, 3.05) is 0 Å². The number of benzene rings is 2. The van der Waals surface area contributed by atoms with Crippen LogP contribution in [0.4, 0.5) is 8.78 Å². The van der Waals surface area contributed by atoms with E-state index in [0.717, 1.165) is 48.9 Å². The van der Waals surface area contributed by atoms with Gasteiger partial charge in [0.15, 0.2) is 5.78 Å². The first-order valence-electron chi connectivity index (χ1n) is 11.2. The molecule has 31 heavy (non-hydrogen) atoms.